The van der Waals surface area contributed by atoms with Crippen LogP contribution in [0.15, 0.2) is 84.9 Å². The number of non-ortho nitro benzene ring substituents is 1. The maximum absolute atomic E-state index is 13.5. The normalized spacial score (nSPS) is 10.7. The van der Waals surface area contributed by atoms with E-state index in [2.05, 4.69) is 5.32 Å². The van der Waals surface area contributed by atoms with Crippen LogP contribution in [0.5, 0.6) is 5.75 Å². The van der Waals surface area contributed by atoms with E-state index in [1.54, 1.807) is 18.2 Å². The molecule has 150 valence electrons. The van der Waals surface area contributed by atoms with Gasteiger partial charge in [-0.15, -0.1) is 0 Å². The molecule has 5 nitrogen and oxygen atoms in total. The second-order valence-corrected chi connectivity index (χ2v) is 6.84. The predicted molar refractivity (Wildman–Crippen MR) is 115 cm³/mol. The Kier molecular flexibility index (Phi) is 5.57. The van der Waals surface area contributed by atoms with E-state index in [9.17, 15) is 14.5 Å². The average molecular weight is 402 g/mol. The van der Waals surface area contributed by atoms with Crippen LogP contribution in [-0.4, -0.2) is 4.92 Å². The van der Waals surface area contributed by atoms with Gasteiger partial charge in [-0.3, -0.25) is 10.1 Å². The Bertz CT molecular complexity index is 1190. The molecule has 1 N–H and O–H groups in total. The topological polar surface area (TPSA) is 64.4 Å². The molecule has 4 aromatic carbocycles. The van der Waals surface area contributed by atoms with Gasteiger partial charge in [-0.1, -0.05) is 42.5 Å². The summed E-state index contributed by atoms with van der Waals surface area (Å²) in [6, 6.07) is 24.5. The molecule has 0 spiro atoms. The van der Waals surface area contributed by atoms with Gasteiger partial charge < -0.3 is 10.1 Å². The number of nitrogens with one attached hydrogen (secondary N) is 1. The lowest BCUT2D eigenvalue weighted by Crippen LogP contribution is -2.05. The number of hydrogen-bond donors (Lipinski definition) is 1. The number of rotatable bonds is 7. The summed E-state index contributed by atoms with van der Waals surface area (Å²) in [6.45, 7) is 0.721. The van der Waals surface area contributed by atoms with Gasteiger partial charge in [0.1, 0.15) is 18.2 Å². The van der Waals surface area contributed by atoms with Crippen molar-refractivity contribution >= 4 is 22.1 Å². The summed E-state index contributed by atoms with van der Waals surface area (Å²) < 4.78 is 19.5. The molecule has 6 heteroatoms. The van der Waals surface area contributed by atoms with Crippen LogP contribution < -0.4 is 10.1 Å². The molecule has 0 aliphatic rings. The standard InChI is InChI=1S/C24H19FN2O3/c25-19-6-3-4-17(14-19)16-30-24-13-8-18-5-1-2-7-22(18)23(24)15-26-20-9-11-21(12-10-20)27(28)29/h1-14,26H,15-16H2. The van der Waals surface area contributed by atoms with Gasteiger partial charge in [0.05, 0.1) is 4.92 Å². The van der Waals surface area contributed by atoms with Crippen LogP contribution in [0.3, 0.4) is 0 Å². The Morgan fingerprint density at radius 3 is 2.50 bits per heavy atom. The molecule has 0 aliphatic carbocycles. The molecular formula is C24H19FN2O3. The summed E-state index contributed by atoms with van der Waals surface area (Å²) >= 11 is 0. The molecule has 0 saturated heterocycles. The highest BCUT2D eigenvalue weighted by Gasteiger charge is 2.10. The fourth-order valence-electron chi connectivity index (χ4n) is 3.31. The highest BCUT2D eigenvalue weighted by atomic mass is 19.1. The first kappa shape index (κ1) is 19.4. The summed E-state index contributed by atoms with van der Waals surface area (Å²) in [6.07, 6.45) is 0. The van der Waals surface area contributed by atoms with Crippen LogP contribution in [-0.2, 0) is 13.2 Å². The molecule has 0 bridgehead atoms. The maximum Gasteiger partial charge on any atom is 0.269 e. The Labute approximate surface area is 172 Å². The molecule has 0 heterocycles. The van der Waals surface area contributed by atoms with Crippen molar-refractivity contribution in [2.24, 2.45) is 0 Å². The Hall–Kier alpha value is -3.93. The van der Waals surface area contributed by atoms with Gasteiger partial charge in [-0.2, -0.15) is 0 Å². The van der Waals surface area contributed by atoms with Gasteiger partial charge in [0.15, 0.2) is 0 Å². The van der Waals surface area contributed by atoms with Crippen LogP contribution in [0, 0.1) is 15.9 Å². The molecule has 0 radical (unpaired) electrons. The van der Waals surface area contributed by atoms with Crippen molar-refractivity contribution in [2.75, 3.05) is 5.32 Å². The molecule has 4 rings (SSSR count). The molecule has 0 fully saturated rings. The van der Waals surface area contributed by atoms with Crippen LogP contribution in [0.1, 0.15) is 11.1 Å². The monoisotopic (exact) mass is 402 g/mol. The third kappa shape index (κ3) is 4.38. The van der Waals surface area contributed by atoms with Gasteiger partial charge >= 0.3 is 0 Å². The van der Waals surface area contributed by atoms with Crippen LogP contribution in [0.25, 0.3) is 10.8 Å². The average Bonchev–Trinajstić information content (AvgIpc) is 2.76. The Morgan fingerprint density at radius 2 is 1.73 bits per heavy atom. The summed E-state index contributed by atoms with van der Waals surface area (Å²) in [7, 11) is 0. The molecule has 0 saturated carbocycles. The lowest BCUT2D eigenvalue weighted by molar-refractivity contribution is -0.384. The molecule has 0 amide bonds. The molecule has 4 aromatic rings. The lowest BCUT2D eigenvalue weighted by Gasteiger charge is -2.16. The molecule has 0 unspecified atom stereocenters. The Balaban J connectivity index is 1.59. The minimum absolute atomic E-state index is 0.0461. The van der Waals surface area contributed by atoms with Crippen LogP contribution >= 0.6 is 0 Å². The SMILES string of the molecule is O=[N+]([O-])c1ccc(NCc2c(OCc3cccc(F)c3)ccc3ccccc23)cc1. The fraction of sp³-hybridized carbons (Fsp3) is 0.0833. The van der Waals surface area contributed by atoms with E-state index < -0.39 is 4.92 Å². The fourth-order valence-corrected chi connectivity index (χ4v) is 3.31. The van der Waals surface area contributed by atoms with Gasteiger partial charge in [0, 0.05) is 29.9 Å². The largest absolute Gasteiger partial charge is 0.489 e. The van der Waals surface area contributed by atoms with Crippen molar-refractivity contribution in [1.29, 1.82) is 0 Å². The van der Waals surface area contributed by atoms with Crippen molar-refractivity contribution < 1.29 is 14.1 Å². The van der Waals surface area contributed by atoms with E-state index in [1.165, 1.54) is 24.3 Å². The van der Waals surface area contributed by atoms with Crippen molar-refractivity contribution in [2.45, 2.75) is 13.2 Å². The van der Waals surface area contributed by atoms with Gasteiger partial charge in [0.25, 0.3) is 5.69 Å². The number of hydrogen-bond acceptors (Lipinski definition) is 4. The van der Waals surface area contributed by atoms with Crippen molar-refractivity contribution in [1.82, 2.24) is 0 Å². The highest BCUT2D eigenvalue weighted by Crippen LogP contribution is 2.30. The molecule has 0 atom stereocenters. The number of nitro groups is 1. The Morgan fingerprint density at radius 1 is 0.933 bits per heavy atom. The van der Waals surface area contributed by atoms with Crippen molar-refractivity contribution in [3.05, 3.63) is 112 Å². The van der Waals surface area contributed by atoms with Crippen molar-refractivity contribution in [3.8, 4) is 5.75 Å². The summed E-state index contributed by atoms with van der Waals surface area (Å²) in [4.78, 5) is 10.4. The van der Waals surface area contributed by atoms with E-state index in [1.807, 2.05) is 42.5 Å². The number of nitrogens with zero attached hydrogens (tertiary/aromatic N) is 1. The van der Waals surface area contributed by atoms with E-state index in [0.29, 0.717) is 12.3 Å². The van der Waals surface area contributed by atoms with Gasteiger partial charge in [-0.05, 0) is 46.7 Å². The maximum atomic E-state index is 13.5. The highest BCUT2D eigenvalue weighted by molar-refractivity contribution is 5.88. The van der Waals surface area contributed by atoms with Gasteiger partial charge in [-0.25, -0.2) is 4.39 Å². The first-order chi connectivity index (χ1) is 14.6. The minimum atomic E-state index is -0.424. The molecule has 0 aliphatic heterocycles. The zero-order valence-electron chi connectivity index (χ0n) is 16.0. The van der Waals surface area contributed by atoms with E-state index in [-0.39, 0.29) is 18.1 Å². The quantitative estimate of drug-likeness (QED) is 0.301. The zero-order chi connectivity index (χ0) is 20.9. The van der Waals surface area contributed by atoms with E-state index in [0.717, 1.165) is 27.6 Å². The molecular weight excluding hydrogens is 383 g/mol. The number of halogens is 1. The third-order valence-electron chi connectivity index (χ3n) is 4.83. The number of benzene rings is 4. The first-order valence-electron chi connectivity index (χ1n) is 9.46. The summed E-state index contributed by atoms with van der Waals surface area (Å²) in [5.74, 6) is 0.405. The number of anilines is 1. The predicted octanol–water partition coefficient (Wildman–Crippen LogP) is 6.08. The van der Waals surface area contributed by atoms with E-state index >= 15 is 0 Å². The second-order valence-electron chi connectivity index (χ2n) is 6.84. The lowest BCUT2D eigenvalue weighted by atomic mass is 10.0. The third-order valence-corrected chi connectivity index (χ3v) is 4.83. The zero-order valence-corrected chi connectivity index (χ0v) is 16.0. The number of ether oxygens (including phenoxy) is 1. The number of nitro benzene ring substituents is 1. The molecule has 30 heavy (non-hydrogen) atoms. The first-order valence-corrected chi connectivity index (χ1v) is 9.46. The minimum Gasteiger partial charge on any atom is -0.489 e. The smallest absolute Gasteiger partial charge is 0.269 e. The van der Waals surface area contributed by atoms with E-state index in [4.69, 9.17) is 4.74 Å². The summed E-state index contributed by atoms with van der Waals surface area (Å²) in [5.41, 5.74) is 2.52. The number of fused-ring (bicyclic) bond motifs is 1. The second kappa shape index (κ2) is 8.61. The van der Waals surface area contributed by atoms with Crippen LogP contribution in [0.4, 0.5) is 15.8 Å². The molecule has 0 aromatic heterocycles. The van der Waals surface area contributed by atoms with Crippen LogP contribution in [0.2, 0.25) is 0 Å². The van der Waals surface area contributed by atoms with Crippen molar-refractivity contribution in [3.63, 3.8) is 0 Å². The summed E-state index contributed by atoms with van der Waals surface area (Å²) in [5, 5.41) is 16.3. The van der Waals surface area contributed by atoms with Gasteiger partial charge in [0.2, 0.25) is 0 Å².